The summed E-state index contributed by atoms with van der Waals surface area (Å²) >= 11 is 3.30. The van der Waals surface area contributed by atoms with Gasteiger partial charge in [-0.3, -0.25) is 4.57 Å². The van der Waals surface area contributed by atoms with Crippen LogP contribution in [0.25, 0.3) is 10.6 Å². The molecule has 0 aliphatic rings. The number of allylic oxidation sites excluding steroid dienone is 1. The van der Waals surface area contributed by atoms with E-state index in [0.29, 0.717) is 6.54 Å². The van der Waals surface area contributed by atoms with Gasteiger partial charge in [0.15, 0.2) is 17.1 Å². The average Bonchev–Trinajstić information content (AvgIpc) is 3.39. The fraction of sp³-hybridized carbons (Fsp3) is 0.269. The van der Waals surface area contributed by atoms with Crippen LogP contribution < -0.4 is 4.74 Å². The zero-order chi connectivity index (χ0) is 23.4. The lowest BCUT2D eigenvalue weighted by Crippen LogP contribution is -2.12. The number of thioether (sulfide) groups is 1. The molecule has 170 valence electrons. The summed E-state index contributed by atoms with van der Waals surface area (Å²) in [6.07, 6.45) is 1.62. The first kappa shape index (κ1) is 23.3. The molecule has 0 fully saturated rings. The molecule has 1 unspecified atom stereocenters. The maximum absolute atomic E-state index is 6.21. The zero-order valence-electron chi connectivity index (χ0n) is 19.4. The third-order valence-corrected chi connectivity index (χ3v) is 7.04. The van der Waals surface area contributed by atoms with E-state index in [1.165, 1.54) is 16.7 Å². The largest absolute Gasteiger partial charge is 0.483 e. The number of nitrogens with zero attached hydrogens (tertiary/aromatic N) is 4. The molecular formula is C26H28N4OS2. The summed E-state index contributed by atoms with van der Waals surface area (Å²) in [5.41, 5.74) is 5.78. The van der Waals surface area contributed by atoms with Gasteiger partial charge in [-0.15, -0.1) is 28.1 Å². The van der Waals surface area contributed by atoms with Gasteiger partial charge in [0, 0.05) is 23.2 Å². The van der Waals surface area contributed by atoms with Crippen LogP contribution in [0.15, 0.2) is 65.7 Å². The molecule has 2 aromatic heterocycles. The van der Waals surface area contributed by atoms with Crippen molar-refractivity contribution in [2.45, 2.75) is 51.3 Å². The Balaban J connectivity index is 1.48. The Morgan fingerprint density at radius 1 is 1.09 bits per heavy atom. The van der Waals surface area contributed by atoms with Gasteiger partial charge in [-0.2, -0.15) is 0 Å². The quantitative estimate of drug-likeness (QED) is 0.193. The smallest absolute Gasteiger partial charge is 0.192 e. The van der Waals surface area contributed by atoms with Gasteiger partial charge in [0.1, 0.15) is 10.8 Å². The molecule has 0 aliphatic heterocycles. The fourth-order valence-electron chi connectivity index (χ4n) is 3.69. The van der Waals surface area contributed by atoms with Gasteiger partial charge in [0.05, 0.1) is 5.69 Å². The third-order valence-electron chi connectivity index (χ3n) is 5.09. The van der Waals surface area contributed by atoms with Crippen LogP contribution in [0.3, 0.4) is 0 Å². The van der Waals surface area contributed by atoms with Gasteiger partial charge in [-0.05, 0) is 57.0 Å². The number of hydrogen-bond acceptors (Lipinski definition) is 6. The second-order valence-electron chi connectivity index (χ2n) is 8.13. The predicted octanol–water partition coefficient (Wildman–Crippen LogP) is 6.95. The van der Waals surface area contributed by atoms with Crippen molar-refractivity contribution in [3.63, 3.8) is 0 Å². The number of thiazole rings is 1. The van der Waals surface area contributed by atoms with Gasteiger partial charge in [0.2, 0.25) is 0 Å². The standard InChI is InChI=1S/C26H28N4OS2/c1-6-10-30-24(20(5)31-23-13-18(3)11-19(4)14-23)28-29-26(30)33-16-22-15-32-25(27-22)21-9-7-8-17(2)12-21/h6-9,11-15,20H,1,10,16H2,2-5H3. The van der Waals surface area contributed by atoms with E-state index < -0.39 is 0 Å². The van der Waals surface area contributed by atoms with Crippen LogP contribution in [0.5, 0.6) is 5.75 Å². The van der Waals surface area contributed by atoms with E-state index in [0.717, 1.165) is 38.7 Å². The summed E-state index contributed by atoms with van der Waals surface area (Å²) in [7, 11) is 0. The van der Waals surface area contributed by atoms with Crippen LogP contribution in [0.1, 0.15) is 41.2 Å². The maximum Gasteiger partial charge on any atom is 0.192 e. The topological polar surface area (TPSA) is 52.8 Å². The second-order valence-corrected chi connectivity index (χ2v) is 9.93. The van der Waals surface area contributed by atoms with Gasteiger partial charge in [-0.25, -0.2) is 4.98 Å². The number of hydrogen-bond donors (Lipinski definition) is 0. The Morgan fingerprint density at radius 3 is 2.61 bits per heavy atom. The Labute approximate surface area is 203 Å². The van der Waals surface area contributed by atoms with E-state index in [4.69, 9.17) is 9.72 Å². The van der Waals surface area contributed by atoms with Crippen molar-refractivity contribution in [1.29, 1.82) is 0 Å². The van der Waals surface area contributed by atoms with E-state index in [1.54, 1.807) is 23.1 Å². The highest BCUT2D eigenvalue weighted by molar-refractivity contribution is 7.98. The van der Waals surface area contributed by atoms with Crippen molar-refractivity contribution in [3.8, 4) is 16.3 Å². The molecule has 0 amide bonds. The van der Waals surface area contributed by atoms with Crippen molar-refractivity contribution < 1.29 is 4.74 Å². The maximum atomic E-state index is 6.21. The molecule has 2 aromatic carbocycles. The van der Waals surface area contributed by atoms with Crippen molar-refractivity contribution in [2.75, 3.05) is 0 Å². The van der Waals surface area contributed by atoms with Crippen LogP contribution in [-0.4, -0.2) is 19.7 Å². The molecular weight excluding hydrogens is 448 g/mol. The van der Waals surface area contributed by atoms with Crippen molar-refractivity contribution in [2.24, 2.45) is 0 Å². The predicted molar refractivity (Wildman–Crippen MR) is 137 cm³/mol. The first-order chi connectivity index (χ1) is 15.9. The molecule has 0 aliphatic carbocycles. The molecule has 0 saturated heterocycles. The lowest BCUT2D eigenvalue weighted by Gasteiger charge is -2.16. The minimum atomic E-state index is -0.236. The van der Waals surface area contributed by atoms with Gasteiger partial charge >= 0.3 is 0 Å². The molecule has 2 heterocycles. The monoisotopic (exact) mass is 476 g/mol. The van der Waals surface area contributed by atoms with Gasteiger partial charge in [-0.1, -0.05) is 47.7 Å². The minimum absolute atomic E-state index is 0.236. The molecule has 0 saturated carbocycles. The number of aryl methyl sites for hydroxylation is 3. The summed E-state index contributed by atoms with van der Waals surface area (Å²) in [6, 6.07) is 14.7. The average molecular weight is 477 g/mol. The number of aromatic nitrogens is 4. The van der Waals surface area contributed by atoms with Crippen LogP contribution >= 0.6 is 23.1 Å². The molecule has 0 N–H and O–H groups in total. The van der Waals surface area contributed by atoms with Crippen molar-refractivity contribution >= 4 is 23.1 Å². The van der Waals surface area contributed by atoms with Gasteiger partial charge in [0.25, 0.3) is 0 Å². The Hall–Kier alpha value is -2.90. The van der Waals surface area contributed by atoms with Gasteiger partial charge < -0.3 is 4.74 Å². The summed E-state index contributed by atoms with van der Waals surface area (Å²) in [6.45, 7) is 12.8. The summed E-state index contributed by atoms with van der Waals surface area (Å²) < 4.78 is 8.28. The van der Waals surface area contributed by atoms with Crippen LogP contribution in [0.4, 0.5) is 0 Å². The molecule has 0 spiro atoms. The zero-order valence-corrected chi connectivity index (χ0v) is 21.0. The van der Waals surface area contributed by atoms with Crippen LogP contribution in [-0.2, 0) is 12.3 Å². The molecule has 7 heteroatoms. The third kappa shape index (κ3) is 5.72. The molecule has 33 heavy (non-hydrogen) atoms. The Bertz CT molecular complexity index is 1240. The number of ether oxygens (including phenoxy) is 1. The van der Waals surface area contributed by atoms with E-state index in [9.17, 15) is 0 Å². The van der Waals surface area contributed by atoms with E-state index in [2.05, 4.69) is 77.8 Å². The normalized spacial score (nSPS) is 12.0. The fourth-order valence-corrected chi connectivity index (χ4v) is 5.46. The molecule has 4 aromatic rings. The highest BCUT2D eigenvalue weighted by Gasteiger charge is 2.19. The Morgan fingerprint density at radius 2 is 1.88 bits per heavy atom. The number of rotatable bonds is 9. The SMILES string of the molecule is C=CCn1c(SCc2csc(-c3cccc(C)c3)n2)nnc1C(C)Oc1cc(C)cc(C)c1. The molecule has 1 atom stereocenters. The minimum Gasteiger partial charge on any atom is -0.483 e. The van der Waals surface area contributed by atoms with Crippen molar-refractivity contribution in [1.82, 2.24) is 19.7 Å². The van der Waals surface area contributed by atoms with E-state index in [-0.39, 0.29) is 6.10 Å². The number of benzene rings is 2. The lowest BCUT2D eigenvalue weighted by atomic mass is 10.1. The summed E-state index contributed by atoms with van der Waals surface area (Å²) in [5.74, 6) is 2.35. The first-order valence-electron chi connectivity index (χ1n) is 10.9. The van der Waals surface area contributed by atoms with Crippen molar-refractivity contribution in [3.05, 3.63) is 88.7 Å². The molecule has 0 radical (unpaired) electrons. The molecule has 4 rings (SSSR count). The summed E-state index contributed by atoms with van der Waals surface area (Å²) in [5, 5.41) is 12.9. The lowest BCUT2D eigenvalue weighted by molar-refractivity contribution is 0.210. The molecule has 0 bridgehead atoms. The van der Waals surface area contributed by atoms with Crippen LogP contribution in [0, 0.1) is 20.8 Å². The molecule has 5 nitrogen and oxygen atoms in total. The first-order valence-corrected chi connectivity index (χ1v) is 12.7. The van der Waals surface area contributed by atoms with E-state index >= 15 is 0 Å². The highest BCUT2D eigenvalue weighted by Crippen LogP contribution is 2.30. The Kier molecular flexibility index (Phi) is 7.30. The highest BCUT2D eigenvalue weighted by atomic mass is 32.2. The second kappa shape index (κ2) is 10.4. The van der Waals surface area contributed by atoms with E-state index in [1.807, 2.05) is 25.1 Å². The van der Waals surface area contributed by atoms with Crippen LogP contribution in [0.2, 0.25) is 0 Å². The summed E-state index contributed by atoms with van der Waals surface area (Å²) in [4.78, 5) is 4.82.